The monoisotopic (exact) mass is 642 g/mol. The van der Waals surface area contributed by atoms with Crippen LogP contribution in [-0.2, 0) is 25.4 Å². The van der Waals surface area contributed by atoms with Crippen molar-refractivity contribution in [3.63, 3.8) is 0 Å². The van der Waals surface area contributed by atoms with Gasteiger partial charge in [0, 0.05) is 17.7 Å². The van der Waals surface area contributed by atoms with Gasteiger partial charge in [-0.3, -0.25) is 15.0 Å². The number of hydrogen-bond donors (Lipinski definition) is 0. The van der Waals surface area contributed by atoms with Crippen LogP contribution in [0, 0.1) is 10.1 Å². The Morgan fingerprint density at radius 3 is 2.13 bits per heavy atom. The Hall–Kier alpha value is -4.79. The minimum atomic E-state index is -1.21. The molecule has 1 aromatic heterocycles. The number of nitrogens with zero attached hydrogens (tertiary/aromatic N) is 4. The molecule has 14 nitrogen and oxygen atoms in total. The topological polar surface area (TPSA) is 170 Å². The van der Waals surface area contributed by atoms with Crippen LogP contribution >= 0.6 is 11.3 Å². The highest BCUT2D eigenvalue weighted by molar-refractivity contribution is 7.12. The van der Waals surface area contributed by atoms with Gasteiger partial charge in [-0.25, -0.2) is 14.4 Å². The van der Waals surface area contributed by atoms with Gasteiger partial charge in [-0.1, -0.05) is 35.6 Å². The van der Waals surface area contributed by atoms with E-state index >= 15 is 0 Å². The highest BCUT2D eigenvalue weighted by Crippen LogP contribution is 2.31. The third kappa shape index (κ3) is 9.35. The number of ether oxygens (including phenoxy) is 5. The predicted octanol–water partition coefficient (Wildman–Crippen LogP) is 6.18. The van der Waals surface area contributed by atoms with Crippen LogP contribution in [0.3, 0.4) is 0 Å². The van der Waals surface area contributed by atoms with Crippen molar-refractivity contribution in [3.05, 3.63) is 69.7 Å². The van der Waals surface area contributed by atoms with Crippen molar-refractivity contribution in [1.29, 1.82) is 0 Å². The van der Waals surface area contributed by atoms with Crippen molar-refractivity contribution in [3.8, 4) is 16.3 Å². The Balaban J connectivity index is 1.63. The molecule has 2 aromatic carbocycles. The maximum atomic E-state index is 13.4. The Kier molecular flexibility index (Phi) is 9.91. The molecule has 1 amide bonds. The fraction of sp³-hybridized carbons (Fsp3) is 0.433. The molecule has 1 aliphatic rings. The number of nitro groups is 1. The number of carbonyl (C=O) groups is 3. The van der Waals surface area contributed by atoms with E-state index in [1.54, 1.807) is 47.1 Å². The van der Waals surface area contributed by atoms with E-state index < -0.39 is 52.8 Å². The quantitative estimate of drug-likeness (QED) is 0.0944. The van der Waals surface area contributed by atoms with Crippen LogP contribution in [0.2, 0.25) is 0 Å². The Morgan fingerprint density at radius 2 is 1.58 bits per heavy atom. The van der Waals surface area contributed by atoms with Gasteiger partial charge in [0.1, 0.15) is 27.5 Å². The summed E-state index contributed by atoms with van der Waals surface area (Å²) in [6.07, 6.45) is -5.07. The number of rotatable bonds is 7. The molecule has 1 aliphatic heterocycles. The van der Waals surface area contributed by atoms with Crippen LogP contribution in [-0.4, -0.2) is 74.4 Å². The van der Waals surface area contributed by atoms with Crippen LogP contribution in [0.1, 0.15) is 47.1 Å². The van der Waals surface area contributed by atoms with Crippen LogP contribution in [0.15, 0.2) is 54.0 Å². The smallest absolute Gasteiger partial charge is 0.444 e. The predicted molar refractivity (Wildman–Crippen MR) is 161 cm³/mol. The van der Waals surface area contributed by atoms with Crippen molar-refractivity contribution in [1.82, 2.24) is 15.1 Å². The summed E-state index contributed by atoms with van der Waals surface area (Å²) in [7, 11) is 0. The van der Waals surface area contributed by atoms with E-state index in [4.69, 9.17) is 23.7 Å². The lowest BCUT2D eigenvalue weighted by Crippen LogP contribution is -2.45. The van der Waals surface area contributed by atoms with Gasteiger partial charge in [0.05, 0.1) is 17.5 Å². The maximum Gasteiger partial charge on any atom is 0.514 e. The Morgan fingerprint density at radius 1 is 0.933 bits per heavy atom. The molecule has 0 spiro atoms. The molecule has 4 rings (SSSR count). The van der Waals surface area contributed by atoms with Crippen molar-refractivity contribution in [2.75, 3.05) is 6.54 Å². The lowest BCUT2D eigenvalue weighted by Gasteiger charge is -2.30. The largest absolute Gasteiger partial charge is 0.514 e. The van der Waals surface area contributed by atoms with Gasteiger partial charge < -0.3 is 23.7 Å². The standard InChI is InChI=1S/C30H34N4O10S/c1-29(2,3)43-26(35)33-16-23(41-28(37)44-30(4,5)6)24(42-27(36)40-21-13-11-20(12-14-21)34(38)39)22(33)15-18-7-9-19(10-8-18)25-32-31-17-45-25/h7-14,17,22-24H,15-16H2,1-6H3/t22-,23+,24+/m1/s1. The first-order chi connectivity index (χ1) is 21.1. The van der Waals surface area contributed by atoms with Crippen LogP contribution < -0.4 is 4.74 Å². The molecule has 15 heteroatoms. The molecule has 240 valence electrons. The summed E-state index contributed by atoms with van der Waals surface area (Å²) in [5.74, 6) is -0.0129. The van der Waals surface area contributed by atoms with Crippen LogP contribution in [0.4, 0.5) is 20.1 Å². The molecule has 3 atom stereocenters. The number of aromatic nitrogens is 2. The summed E-state index contributed by atoms with van der Waals surface area (Å²) in [5, 5.41) is 19.7. The molecule has 3 aromatic rings. The number of amides is 1. The normalized spacial score (nSPS) is 18.2. The zero-order valence-corrected chi connectivity index (χ0v) is 26.4. The highest BCUT2D eigenvalue weighted by atomic mass is 32.1. The van der Waals surface area contributed by atoms with Gasteiger partial charge in [0.25, 0.3) is 5.69 Å². The molecule has 0 N–H and O–H groups in total. The second-order valence-electron chi connectivity index (χ2n) is 12.2. The fourth-order valence-corrected chi connectivity index (χ4v) is 5.02. The first kappa shape index (κ1) is 33.1. The summed E-state index contributed by atoms with van der Waals surface area (Å²) in [6, 6.07) is 11.4. The van der Waals surface area contributed by atoms with Gasteiger partial charge in [-0.15, -0.1) is 10.2 Å². The molecular weight excluding hydrogens is 608 g/mol. The van der Waals surface area contributed by atoms with Crippen molar-refractivity contribution in [2.45, 2.75) is 77.4 Å². The third-order valence-corrected chi connectivity index (χ3v) is 7.01. The average Bonchev–Trinajstić information content (AvgIpc) is 3.57. The van der Waals surface area contributed by atoms with Gasteiger partial charge >= 0.3 is 18.4 Å². The average molecular weight is 643 g/mol. The van der Waals surface area contributed by atoms with Gasteiger partial charge in [-0.2, -0.15) is 0 Å². The molecular formula is C30H34N4O10S. The number of benzene rings is 2. The number of non-ortho nitro benzene ring substituents is 1. The van der Waals surface area contributed by atoms with Gasteiger partial charge in [0.15, 0.2) is 12.2 Å². The molecule has 0 aliphatic carbocycles. The lowest BCUT2D eigenvalue weighted by atomic mass is 10.00. The molecule has 0 saturated carbocycles. The Labute approximate surface area is 263 Å². The van der Waals surface area contributed by atoms with Crippen LogP contribution in [0.25, 0.3) is 10.6 Å². The summed E-state index contributed by atoms with van der Waals surface area (Å²) < 4.78 is 27.6. The zero-order chi connectivity index (χ0) is 32.9. The summed E-state index contributed by atoms with van der Waals surface area (Å²) in [4.78, 5) is 50.9. The van der Waals surface area contributed by atoms with E-state index in [-0.39, 0.29) is 24.4 Å². The molecule has 0 bridgehead atoms. The van der Waals surface area contributed by atoms with E-state index in [0.29, 0.717) is 0 Å². The summed E-state index contributed by atoms with van der Waals surface area (Å²) >= 11 is 1.39. The lowest BCUT2D eigenvalue weighted by molar-refractivity contribution is -0.384. The molecule has 1 saturated heterocycles. The number of hydrogen-bond acceptors (Lipinski definition) is 13. The van der Waals surface area contributed by atoms with E-state index in [1.807, 2.05) is 24.3 Å². The third-order valence-electron chi connectivity index (χ3n) is 6.27. The molecule has 45 heavy (non-hydrogen) atoms. The molecule has 1 fully saturated rings. The minimum Gasteiger partial charge on any atom is -0.444 e. The summed E-state index contributed by atoms with van der Waals surface area (Å²) in [5.41, 5.74) is 1.34. The molecule has 2 heterocycles. The number of likely N-dealkylation sites (tertiary alicyclic amines) is 1. The van der Waals surface area contributed by atoms with Crippen molar-refractivity contribution >= 4 is 35.4 Å². The van der Waals surface area contributed by atoms with E-state index in [1.165, 1.54) is 40.5 Å². The first-order valence-electron chi connectivity index (χ1n) is 14.0. The fourth-order valence-electron chi connectivity index (χ4n) is 4.46. The Bertz CT molecular complexity index is 1500. The van der Waals surface area contributed by atoms with Gasteiger partial charge in [-0.05, 0) is 65.7 Å². The van der Waals surface area contributed by atoms with Gasteiger partial charge in [0.2, 0.25) is 0 Å². The molecule has 0 radical (unpaired) electrons. The van der Waals surface area contributed by atoms with E-state index in [9.17, 15) is 24.5 Å². The first-order valence-corrected chi connectivity index (χ1v) is 14.8. The SMILES string of the molecule is CC(C)(C)OC(=O)O[C@H]1CN(C(=O)OC(C)(C)C)[C@H](Cc2ccc(-c3nncs3)cc2)[C@@H]1OC(=O)Oc1ccc([N+](=O)[O-])cc1. The summed E-state index contributed by atoms with van der Waals surface area (Å²) in [6.45, 7) is 9.97. The maximum absolute atomic E-state index is 13.4. The minimum absolute atomic E-state index is 0.0129. The number of carbonyl (C=O) groups excluding carboxylic acids is 3. The van der Waals surface area contributed by atoms with E-state index in [0.717, 1.165) is 16.1 Å². The van der Waals surface area contributed by atoms with Crippen LogP contribution in [0.5, 0.6) is 5.75 Å². The highest BCUT2D eigenvalue weighted by Gasteiger charge is 2.50. The second-order valence-corrected chi connectivity index (χ2v) is 13.0. The zero-order valence-electron chi connectivity index (χ0n) is 25.6. The second kappa shape index (κ2) is 13.5. The van der Waals surface area contributed by atoms with Crippen molar-refractivity contribution < 1.29 is 43.0 Å². The molecule has 0 unspecified atom stereocenters. The van der Waals surface area contributed by atoms with E-state index in [2.05, 4.69) is 10.2 Å². The van der Waals surface area contributed by atoms with Crippen molar-refractivity contribution in [2.24, 2.45) is 0 Å². The number of nitro benzene ring substituents is 1.